The van der Waals surface area contributed by atoms with E-state index in [0.717, 1.165) is 11.3 Å². The monoisotopic (exact) mass is 230 g/mol. The van der Waals surface area contributed by atoms with Crippen LogP contribution in [0.25, 0.3) is 0 Å². The second-order valence-corrected chi connectivity index (χ2v) is 3.78. The first kappa shape index (κ1) is 11.5. The minimum absolute atomic E-state index is 0.225. The standard InChI is InChI=1S/C14H15FN2/c1-16-12-6-4-5-11(9-12)10-17-14-8-3-2-7-13(14)15/h2-9,16-17H,10H2,1H3. The zero-order chi connectivity index (χ0) is 12.1. The number of hydrogen-bond acceptors (Lipinski definition) is 2. The van der Waals surface area contributed by atoms with E-state index in [1.807, 2.05) is 37.4 Å². The van der Waals surface area contributed by atoms with Gasteiger partial charge in [0.15, 0.2) is 0 Å². The molecule has 0 aliphatic rings. The summed E-state index contributed by atoms with van der Waals surface area (Å²) in [6, 6.07) is 14.7. The summed E-state index contributed by atoms with van der Waals surface area (Å²) in [6.45, 7) is 0.608. The van der Waals surface area contributed by atoms with Crippen LogP contribution in [0.3, 0.4) is 0 Å². The lowest BCUT2D eigenvalue weighted by atomic mass is 10.2. The Labute approximate surface area is 100 Å². The molecule has 2 nitrogen and oxygen atoms in total. The summed E-state index contributed by atoms with van der Waals surface area (Å²) in [6.07, 6.45) is 0. The summed E-state index contributed by atoms with van der Waals surface area (Å²) in [7, 11) is 1.88. The van der Waals surface area contributed by atoms with E-state index in [-0.39, 0.29) is 5.82 Å². The zero-order valence-corrected chi connectivity index (χ0v) is 9.70. The van der Waals surface area contributed by atoms with Crippen molar-refractivity contribution in [3.8, 4) is 0 Å². The van der Waals surface area contributed by atoms with E-state index in [1.54, 1.807) is 12.1 Å². The van der Waals surface area contributed by atoms with Crippen LogP contribution < -0.4 is 10.6 Å². The lowest BCUT2D eigenvalue weighted by Gasteiger charge is -2.08. The number of anilines is 2. The fourth-order valence-electron chi connectivity index (χ4n) is 1.64. The second kappa shape index (κ2) is 5.34. The molecule has 0 spiro atoms. The molecule has 0 saturated carbocycles. The van der Waals surface area contributed by atoms with Gasteiger partial charge in [-0.2, -0.15) is 0 Å². The smallest absolute Gasteiger partial charge is 0.146 e. The SMILES string of the molecule is CNc1cccc(CNc2ccccc2F)c1. The Morgan fingerprint density at radius 3 is 2.65 bits per heavy atom. The summed E-state index contributed by atoms with van der Waals surface area (Å²) in [5, 5.41) is 6.15. The van der Waals surface area contributed by atoms with Gasteiger partial charge in [0.05, 0.1) is 5.69 Å². The van der Waals surface area contributed by atoms with Gasteiger partial charge >= 0.3 is 0 Å². The van der Waals surface area contributed by atoms with E-state index < -0.39 is 0 Å². The van der Waals surface area contributed by atoms with Gasteiger partial charge in [0, 0.05) is 19.3 Å². The van der Waals surface area contributed by atoms with Crippen molar-refractivity contribution in [2.75, 3.05) is 17.7 Å². The first-order valence-electron chi connectivity index (χ1n) is 5.54. The fourth-order valence-corrected chi connectivity index (χ4v) is 1.64. The molecule has 0 atom stereocenters. The molecule has 88 valence electrons. The molecule has 2 aromatic carbocycles. The van der Waals surface area contributed by atoms with Crippen LogP contribution in [0.15, 0.2) is 48.5 Å². The molecule has 0 bridgehead atoms. The minimum atomic E-state index is -0.225. The largest absolute Gasteiger partial charge is 0.388 e. The molecule has 2 N–H and O–H groups in total. The van der Waals surface area contributed by atoms with E-state index in [9.17, 15) is 4.39 Å². The maximum absolute atomic E-state index is 13.4. The maximum atomic E-state index is 13.4. The quantitative estimate of drug-likeness (QED) is 0.840. The van der Waals surface area contributed by atoms with Gasteiger partial charge in [0.25, 0.3) is 0 Å². The highest BCUT2D eigenvalue weighted by atomic mass is 19.1. The number of benzene rings is 2. The van der Waals surface area contributed by atoms with Crippen LogP contribution in [0.5, 0.6) is 0 Å². The lowest BCUT2D eigenvalue weighted by molar-refractivity contribution is 0.630. The molecule has 3 heteroatoms. The molecular weight excluding hydrogens is 215 g/mol. The zero-order valence-electron chi connectivity index (χ0n) is 9.70. The molecule has 0 aliphatic carbocycles. The Kier molecular flexibility index (Phi) is 3.60. The molecule has 0 saturated heterocycles. The molecule has 0 aromatic heterocycles. The Bertz CT molecular complexity index is 497. The number of rotatable bonds is 4. The van der Waals surface area contributed by atoms with Crippen LogP contribution in [0, 0.1) is 5.82 Å². The Hall–Kier alpha value is -2.03. The summed E-state index contributed by atoms with van der Waals surface area (Å²) in [5.74, 6) is -0.225. The third kappa shape index (κ3) is 2.97. The maximum Gasteiger partial charge on any atom is 0.146 e. The molecule has 0 unspecified atom stereocenters. The fraction of sp³-hybridized carbons (Fsp3) is 0.143. The van der Waals surface area contributed by atoms with Crippen LogP contribution in [0.4, 0.5) is 15.8 Å². The van der Waals surface area contributed by atoms with Crippen LogP contribution in [-0.4, -0.2) is 7.05 Å². The van der Waals surface area contributed by atoms with Gasteiger partial charge in [-0.15, -0.1) is 0 Å². The normalized spacial score (nSPS) is 10.0. The predicted molar refractivity (Wildman–Crippen MR) is 69.7 cm³/mol. The minimum Gasteiger partial charge on any atom is -0.388 e. The van der Waals surface area contributed by atoms with Gasteiger partial charge < -0.3 is 10.6 Å². The Morgan fingerprint density at radius 2 is 1.88 bits per heavy atom. The van der Waals surface area contributed by atoms with E-state index in [2.05, 4.69) is 10.6 Å². The molecule has 2 rings (SSSR count). The molecule has 0 heterocycles. The van der Waals surface area contributed by atoms with Crippen molar-refractivity contribution in [1.82, 2.24) is 0 Å². The molecule has 0 aliphatic heterocycles. The molecule has 0 radical (unpaired) electrons. The molecule has 2 aromatic rings. The number of halogens is 1. The highest BCUT2D eigenvalue weighted by Gasteiger charge is 2.00. The van der Waals surface area contributed by atoms with Crippen molar-refractivity contribution in [1.29, 1.82) is 0 Å². The third-order valence-electron chi connectivity index (χ3n) is 2.57. The third-order valence-corrected chi connectivity index (χ3v) is 2.57. The molecule has 17 heavy (non-hydrogen) atoms. The van der Waals surface area contributed by atoms with Crippen molar-refractivity contribution in [3.05, 3.63) is 59.9 Å². The number of para-hydroxylation sites is 1. The predicted octanol–water partition coefficient (Wildman–Crippen LogP) is 3.48. The summed E-state index contributed by atoms with van der Waals surface area (Å²) >= 11 is 0. The Morgan fingerprint density at radius 1 is 1.06 bits per heavy atom. The highest BCUT2D eigenvalue weighted by molar-refractivity contribution is 5.48. The first-order chi connectivity index (χ1) is 8.29. The molecular formula is C14H15FN2. The van der Waals surface area contributed by atoms with E-state index in [0.29, 0.717) is 12.2 Å². The topological polar surface area (TPSA) is 24.1 Å². The van der Waals surface area contributed by atoms with E-state index >= 15 is 0 Å². The number of nitrogens with one attached hydrogen (secondary N) is 2. The van der Waals surface area contributed by atoms with E-state index in [4.69, 9.17) is 0 Å². The average Bonchev–Trinajstić information content (AvgIpc) is 2.38. The highest BCUT2D eigenvalue weighted by Crippen LogP contribution is 2.15. The van der Waals surface area contributed by atoms with Crippen molar-refractivity contribution in [2.24, 2.45) is 0 Å². The Balaban J connectivity index is 2.05. The van der Waals surface area contributed by atoms with Crippen molar-refractivity contribution in [3.63, 3.8) is 0 Å². The number of hydrogen-bond donors (Lipinski definition) is 2. The van der Waals surface area contributed by atoms with E-state index in [1.165, 1.54) is 6.07 Å². The lowest BCUT2D eigenvalue weighted by Crippen LogP contribution is -2.01. The average molecular weight is 230 g/mol. The van der Waals surface area contributed by atoms with Gasteiger partial charge in [-0.1, -0.05) is 24.3 Å². The summed E-state index contributed by atoms with van der Waals surface area (Å²) < 4.78 is 13.4. The van der Waals surface area contributed by atoms with Crippen molar-refractivity contribution in [2.45, 2.75) is 6.54 Å². The van der Waals surface area contributed by atoms with Gasteiger partial charge in [-0.25, -0.2) is 4.39 Å². The van der Waals surface area contributed by atoms with Crippen LogP contribution in [-0.2, 0) is 6.54 Å². The van der Waals surface area contributed by atoms with Crippen LogP contribution in [0.2, 0.25) is 0 Å². The van der Waals surface area contributed by atoms with Crippen molar-refractivity contribution < 1.29 is 4.39 Å². The first-order valence-corrected chi connectivity index (χ1v) is 5.54. The van der Waals surface area contributed by atoms with Crippen LogP contribution in [0.1, 0.15) is 5.56 Å². The van der Waals surface area contributed by atoms with Gasteiger partial charge in [-0.05, 0) is 29.8 Å². The van der Waals surface area contributed by atoms with Crippen LogP contribution >= 0.6 is 0 Å². The van der Waals surface area contributed by atoms with Crippen molar-refractivity contribution >= 4 is 11.4 Å². The summed E-state index contributed by atoms with van der Waals surface area (Å²) in [5.41, 5.74) is 2.69. The molecule has 0 fully saturated rings. The molecule has 0 amide bonds. The second-order valence-electron chi connectivity index (χ2n) is 3.78. The van der Waals surface area contributed by atoms with Gasteiger partial charge in [0.1, 0.15) is 5.82 Å². The van der Waals surface area contributed by atoms with Gasteiger partial charge in [-0.3, -0.25) is 0 Å². The summed E-state index contributed by atoms with van der Waals surface area (Å²) in [4.78, 5) is 0. The van der Waals surface area contributed by atoms with Gasteiger partial charge in [0.2, 0.25) is 0 Å².